The summed E-state index contributed by atoms with van der Waals surface area (Å²) in [6.07, 6.45) is 5.23. The van der Waals surface area contributed by atoms with Crippen molar-refractivity contribution in [1.82, 2.24) is 0 Å². The van der Waals surface area contributed by atoms with Gasteiger partial charge in [0.25, 0.3) is 0 Å². The molecule has 0 saturated heterocycles. The van der Waals surface area contributed by atoms with Gasteiger partial charge in [0.1, 0.15) is 11.4 Å². The maximum atomic E-state index is 5.36. The molecule has 1 spiro atoms. The Bertz CT molecular complexity index is 397. The van der Waals surface area contributed by atoms with Crippen LogP contribution in [-0.4, -0.2) is 19.2 Å². The highest BCUT2D eigenvalue weighted by Crippen LogP contribution is 2.42. The van der Waals surface area contributed by atoms with Gasteiger partial charge in [-0.2, -0.15) is 0 Å². The molecular formula is C13H18N2O. The van der Waals surface area contributed by atoms with Gasteiger partial charge in [-0.05, 0) is 25.0 Å². The molecule has 1 heterocycles. The van der Waals surface area contributed by atoms with Gasteiger partial charge in [-0.15, -0.1) is 0 Å². The van der Waals surface area contributed by atoms with E-state index in [0.29, 0.717) is 5.54 Å². The number of para-hydroxylation sites is 1. The van der Waals surface area contributed by atoms with E-state index in [-0.39, 0.29) is 0 Å². The molecule has 1 aliphatic heterocycles. The molecule has 0 radical (unpaired) electrons. The van der Waals surface area contributed by atoms with E-state index in [1.807, 2.05) is 12.1 Å². The van der Waals surface area contributed by atoms with Gasteiger partial charge < -0.3 is 15.4 Å². The van der Waals surface area contributed by atoms with Gasteiger partial charge in [0.05, 0.1) is 18.3 Å². The molecule has 2 aliphatic rings. The zero-order valence-corrected chi connectivity index (χ0v) is 9.68. The molecule has 1 saturated carbocycles. The second-order valence-corrected chi connectivity index (χ2v) is 4.85. The molecule has 86 valence electrons. The number of nitrogens with one attached hydrogen (secondary N) is 2. The summed E-state index contributed by atoms with van der Waals surface area (Å²) in [5.74, 6) is 0.929. The molecular weight excluding hydrogens is 200 g/mol. The number of anilines is 2. The molecule has 1 aliphatic carbocycles. The Balaban J connectivity index is 1.94. The number of hydrogen-bond donors (Lipinski definition) is 2. The average Bonchev–Trinajstić information content (AvgIpc) is 2.76. The van der Waals surface area contributed by atoms with Gasteiger partial charge in [-0.3, -0.25) is 0 Å². The van der Waals surface area contributed by atoms with Crippen molar-refractivity contribution in [3.8, 4) is 5.75 Å². The first-order valence-corrected chi connectivity index (χ1v) is 6.02. The molecule has 0 aromatic heterocycles. The van der Waals surface area contributed by atoms with Crippen LogP contribution in [0.15, 0.2) is 18.2 Å². The summed E-state index contributed by atoms with van der Waals surface area (Å²) in [4.78, 5) is 0. The third-order valence-corrected chi connectivity index (χ3v) is 3.81. The molecule has 0 amide bonds. The molecule has 3 nitrogen and oxygen atoms in total. The van der Waals surface area contributed by atoms with Crippen LogP contribution in [0.1, 0.15) is 25.7 Å². The van der Waals surface area contributed by atoms with Gasteiger partial charge in [0, 0.05) is 6.54 Å². The maximum absolute atomic E-state index is 5.36. The van der Waals surface area contributed by atoms with Crippen molar-refractivity contribution in [1.29, 1.82) is 0 Å². The van der Waals surface area contributed by atoms with E-state index >= 15 is 0 Å². The van der Waals surface area contributed by atoms with Gasteiger partial charge >= 0.3 is 0 Å². The van der Waals surface area contributed by atoms with Crippen LogP contribution in [0.4, 0.5) is 11.4 Å². The highest BCUT2D eigenvalue weighted by molar-refractivity contribution is 5.78. The fourth-order valence-electron chi connectivity index (χ4n) is 2.93. The summed E-state index contributed by atoms with van der Waals surface area (Å²) < 4.78 is 5.36. The first-order chi connectivity index (χ1) is 7.83. The Kier molecular flexibility index (Phi) is 2.20. The van der Waals surface area contributed by atoms with E-state index < -0.39 is 0 Å². The Morgan fingerprint density at radius 3 is 2.81 bits per heavy atom. The second kappa shape index (κ2) is 3.58. The summed E-state index contributed by atoms with van der Waals surface area (Å²) in [5.41, 5.74) is 2.59. The van der Waals surface area contributed by atoms with Crippen molar-refractivity contribution in [3.05, 3.63) is 18.2 Å². The first-order valence-electron chi connectivity index (χ1n) is 6.02. The number of hydrogen-bond acceptors (Lipinski definition) is 3. The zero-order valence-electron chi connectivity index (χ0n) is 9.68. The predicted molar refractivity (Wildman–Crippen MR) is 66.3 cm³/mol. The van der Waals surface area contributed by atoms with Gasteiger partial charge in [0.2, 0.25) is 0 Å². The standard InChI is InChI=1S/C13H18N2O/c1-16-11-6-4-5-10-12(11)14-9-13(15-10)7-2-3-8-13/h4-6,14-15H,2-3,7-9H2,1H3. The minimum atomic E-state index is 0.291. The summed E-state index contributed by atoms with van der Waals surface area (Å²) >= 11 is 0. The highest BCUT2D eigenvalue weighted by atomic mass is 16.5. The zero-order chi connectivity index (χ0) is 11.0. The molecule has 3 rings (SSSR count). The van der Waals surface area contributed by atoms with Crippen LogP contribution in [0.3, 0.4) is 0 Å². The molecule has 3 heteroatoms. The van der Waals surface area contributed by atoms with Crippen LogP contribution in [0.2, 0.25) is 0 Å². The maximum Gasteiger partial charge on any atom is 0.144 e. The molecule has 2 N–H and O–H groups in total. The Morgan fingerprint density at radius 1 is 1.25 bits per heavy atom. The van der Waals surface area contributed by atoms with Crippen LogP contribution >= 0.6 is 0 Å². The van der Waals surface area contributed by atoms with Crippen LogP contribution in [0.25, 0.3) is 0 Å². The van der Waals surface area contributed by atoms with Gasteiger partial charge in [-0.25, -0.2) is 0 Å². The van der Waals surface area contributed by atoms with Crippen molar-refractivity contribution >= 4 is 11.4 Å². The summed E-state index contributed by atoms with van der Waals surface area (Å²) in [6.45, 7) is 1.01. The van der Waals surface area contributed by atoms with Crippen LogP contribution < -0.4 is 15.4 Å². The summed E-state index contributed by atoms with van der Waals surface area (Å²) in [7, 11) is 1.72. The number of fused-ring (bicyclic) bond motifs is 1. The molecule has 16 heavy (non-hydrogen) atoms. The lowest BCUT2D eigenvalue weighted by Gasteiger charge is -2.38. The Labute approximate surface area is 96.2 Å². The Morgan fingerprint density at radius 2 is 2.06 bits per heavy atom. The normalized spacial score (nSPS) is 21.1. The molecule has 0 unspecified atom stereocenters. The van der Waals surface area contributed by atoms with Crippen LogP contribution in [0, 0.1) is 0 Å². The SMILES string of the molecule is COc1cccc2c1NCC1(CCCC1)N2. The average molecular weight is 218 g/mol. The Hall–Kier alpha value is -1.38. The van der Waals surface area contributed by atoms with Crippen molar-refractivity contribution in [2.24, 2.45) is 0 Å². The van der Waals surface area contributed by atoms with E-state index in [1.54, 1.807) is 7.11 Å². The van der Waals surface area contributed by atoms with Crippen LogP contribution in [0.5, 0.6) is 5.75 Å². The summed E-state index contributed by atoms with van der Waals surface area (Å²) in [5, 5.41) is 7.23. The number of methoxy groups -OCH3 is 1. The lowest BCUT2D eigenvalue weighted by atomic mass is 9.94. The van der Waals surface area contributed by atoms with E-state index in [4.69, 9.17) is 4.74 Å². The van der Waals surface area contributed by atoms with Crippen molar-refractivity contribution in [2.45, 2.75) is 31.2 Å². The van der Waals surface area contributed by atoms with E-state index in [1.165, 1.54) is 31.4 Å². The number of rotatable bonds is 1. The quantitative estimate of drug-likeness (QED) is 0.760. The largest absolute Gasteiger partial charge is 0.495 e. The number of ether oxygens (including phenoxy) is 1. The third-order valence-electron chi connectivity index (χ3n) is 3.81. The predicted octanol–water partition coefficient (Wildman–Crippen LogP) is 2.85. The lowest BCUT2D eigenvalue weighted by Crippen LogP contribution is -2.45. The molecule has 0 atom stereocenters. The second-order valence-electron chi connectivity index (χ2n) is 4.85. The highest BCUT2D eigenvalue weighted by Gasteiger charge is 2.37. The van der Waals surface area contributed by atoms with Crippen molar-refractivity contribution in [3.63, 3.8) is 0 Å². The monoisotopic (exact) mass is 218 g/mol. The smallest absolute Gasteiger partial charge is 0.144 e. The first kappa shape index (κ1) is 9.82. The number of benzene rings is 1. The summed E-state index contributed by atoms with van der Waals surface area (Å²) in [6, 6.07) is 6.17. The minimum absolute atomic E-state index is 0.291. The third kappa shape index (κ3) is 1.42. The lowest BCUT2D eigenvalue weighted by molar-refractivity contribution is 0.414. The van der Waals surface area contributed by atoms with Crippen molar-refractivity contribution < 1.29 is 4.74 Å². The van der Waals surface area contributed by atoms with E-state index in [9.17, 15) is 0 Å². The fraction of sp³-hybridized carbons (Fsp3) is 0.538. The van der Waals surface area contributed by atoms with E-state index in [0.717, 1.165) is 18.0 Å². The molecule has 1 aromatic carbocycles. The van der Waals surface area contributed by atoms with Gasteiger partial charge in [0.15, 0.2) is 0 Å². The molecule has 1 fully saturated rings. The van der Waals surface area contributed by atoms with Crippen LogP contribution in [-0.2, 0) is 0 Å². The topological polar surface area (TPSA) is 33.3 Å². The van der Waals surface area contributed by atoms with Gasteiger partial charge in [-0.1, -0.05) is 18.9 Å². The fourth-order valence-corrected chi connectivity index (χ4v) is 2.93. The minimum Gasteiger partial charge on any atom is -0.495 e. The molecule has 1 aromatic rings. The van der Waals surface area contributed by atoms with Crippen molar-refractivity contribution in [2.75, 3.05) is 24.3 Å². The van der Waals surface area contributed by atoms with E-state index in [2.05, 4.69) is 16.7 Å². The molecule has 0 bridgehead atoms.